The Morgan fingerprint density at radius 3 is 2.36 bits per heavy atom. The molecule has 0 amide bonds. The molecule has 0 aliphatic carbocycles. The first-order valence-electron chi connectivity index (χ1n) is 5.94. The fourth-order valence-electron chi connectivity index (χ4n) is 1.87. The highest BCUT2D eigenvalue weighted by atomic mass is 32.2. The van der Waals surface area contributed by atoms with Crippen molar-refractivity contribution in [1.29, 1.82) is 0 Å². The Morgan fingerprint density at radius 1 is 1.23 bits per heavy atom. The number of hydrogen-bond donors (Lipinski definition) is 1. The lowest BCUT2D eigenvalue weighted by atomic mass is 10.1. The smallest absolute Gasteiger partial charge is 0.374 e. The molecule has 0 aliphatic rings. The number of rotatable bonds is 5. The van der Waals surface area contributed by atoms with Crippen molar-refractivity contribution < 1.29 is 32.3 Å². The monoisotopic (exact) mass is 327 g/mol. The predicted octanol–water partition coefficient (Wildman–Crippen LogP) is 1.46. The fraction of sp³-hybridized carbons (Fsp3) is 0.231. The summed E-state index contributed by atoms with van der Waals surface area (Å²) in [7, 11) is -0.916. The number of hydrogen-bond acceptors (Lipinski definition) is 7. The second-order valence-corrected chi connectivity index (χ2v) is 6.34. The normalized spacial score (nSPS) is 11.2. The molecule has 0 fully saturated rings. The third-order valence-electron chi connectivity index (χ3n) is 2.86. The molecule has 0 saturated heterocycles. The van der Waals surface area contributed by atoms with Crippen molar-refractivity contribution in [3.05, 3.63) is 24.0 Å². The molecule has 0 saturated carbocycles. The number of ether oxygens (including phenoxy) is 2. The van der Waals surface area contributed by atoms with Gasteiger partial charge in [-0.2, -0.15) is 0 Å². The van der Waals surface area contributed by atoms with E-state index in [0.29, 0.717) is 0 Å². The van der Waals surface area contributed by atoms with Crippen molar-refractivity contribution in [2.75, 3.05) is 20.5 Å². The van der Waals surface area contributed by atoms with Crippen LogP contribution < -0.4 is 9.47 Å². The van der Waals surface area contributed by atoms with Crippen LogP contribution in [0.4, 0.5) is 0 Å². The van der Waals surface area contributed by atoms with Gasteiger partial charge in [0, 0.05) is 18.4 Å². The largest absolute Gasteiger partial charge is 0.497 e. The summed E-state index contributed by atoms with van der Waals surface area (Å²) in [6, 6.07) is 3.97. The molecule has 0 spiro atoms. The first-order chi connectivity index (χ1) is 10.3. The van der Waals surface area contributed by atoms with Gasteiger partial charge >= 0.3 is 5.97 Å². The summed E-state index contributed by atoms with van der Waals surface area (Å²) in [5, 5.41) is 12.5. The van der Waals surface area contributed by atoms with E-state index in [0.717, 1.165) is 6.26 Å². The van der Waals surface area contributed by atoms with Gasteiger partial charge in [0.15, 0.2) is 9.84 Å². The van der Waals surface area contributed by atoms with Gasteiger partial charge in [-0.05, 0) is 6.07 Å². The number of carbonyl (C=O) groups is 1. The molecule has 0 atom stereocenters. The van der Waals surface area contributed by atoms with Gasteiger partial charge in [-0.25, -0.2) is 13.2 Å². The third-order valence-corrected chi connectivity index (χ3v) is 3.97. The molecule has 1 N–H and O–H groups in total. The van der Waals surface area contributed by atoms with E-state index in [4.69, 9.17) is 14.6 Å². The maximum atomic E-state index is 11.9. The number of carboxylic acids is 1. The summed E-state index contributed by atoms with van der Waals surface area (Å²) < 4.78 is 38.7. The van der Waals surface area contributed by atoms with Crippen molar-refractivity contribution in [2.45, 2.75) is 4.90 Å². The number of carboxylic acid groups (broad SMARTS) is 1. The Labute approximate surface area is 126 Å². The Balaban J connectivity index is 2.75. The molecule has 0 unspecified atom stereocenters. The second-order valence-electron chi connectivity index (χ2n) is 4.36. The summed E-state index contributed by atoms with van der Waals surface area (Å²) >= 11 is 0. The molecular formula is C13H13NO7S. The van der Waals surface area contributed by atoms with Crippen LogP contribution in [0, 0.1) is 0 Å². The van der Waals surface area contributed by atoms with Crippen molar-refractivity contribution in [2.24, 2.45) is 0 Å². The van der Waals surface area contributed by atoms with Gasteiger partial charge in [0.05, 0.1) is 19.8 Å². The van der Waals surface area contributed by atoms with Gasteiger partial charge in [0.25, 0.3) is 0 Å². The maximum Gasteiger partial charge on any atom is 0.374 e. The minimum absolute atomic E-state index is 0.0357. The molecule has 0 radical (unpaired) electrons. The maximum absolute atomic E-state index is 11.9. The number of sulfone groups is 1. The average Bonchev–Trinajstić information content (AvgIpc) is 2.94. The van der Waals surface area contributed by atoms with Crippen LogP contribution >= 0.6 is 0 Å². The van der Waals surface area contributed by atoms with E-state index in [1.54, 1.807) is 0 Å². The van der Waals surface area contributed by atoms with Crippen molar-refractivity contribution >= 4 is 15.8 Å². The zero-order valence-electron chi connectivity index (χ0n) is 12.0. The molecule has 0 aliphatic heterocycles. The molecular weight excluding hydrogens is 314 g/mol. The number of nitrogens with zero attached hydrogens (tertiary/aromatic N) is 1. The van der Waals surface area contributed by atoms with Crippen LogP contribution in [0.2, 0.25) is 0 Å². The molecule has 8 nitrogen and oxygen atoms in total. The summed E-state index contributed by atoms with van der Waals surface area (Å²) in [5.74, 6) is -1.37. The molecule has 118 valence electrons. The summed E-state index contributed by atoms with van der Waals surface area (Å²) in [6.07, 6.45) is 1.03. The standard InChI is InChI=1S/C13H13NO7S/c1-19-7-4-8(9-6-10(13(15)16)21-14-9)12(20-2)11(5-7)22(3,17)18/h4-6H,1-3H3,(H,15,16). The molecule has 22 heavy (non-hydrogen) atoms. The summed E-state index contributed by atoms with van der Waals surface area (Å²) in [6.45, 7) is 0. The van der Waals surface area contributed by atoms with Crippen LogP contribution in [0.25, 0.3) is 11.3 Å². The predicted molar refractivity (Wildman–Crippen MR) is 75.1 cm³/mol. The summed E-state index contributed by atoms with van der Waals surface area (Å²) in [4.78, 5) is 10.8. The van der Waals surface area contributed by atoms with Crippen LogP contribution in [0.15, 0.2) is 27.6 Å². The van der Waals surface area contributed by atoms with Crippen molar-refractivity contribution in [3.63, 3.8) is 0 Å². The minimum atomic E-state index is -3.60. The molecule has 1 aromatic heterocycles. The Hall–Kier alpha value is -2.55. The zero-order valence-corrected chi connectivity index (χ0v) is 12.8. The van der Waals surface area contributed by atoms with Gasteiger partial charge in [0.1, 0.15) is 22.1 Å². The quantitative estimate of drug-likeness (QED) is 0.877. The van der Waals surface area contributed by atoms with Crippen molar-refractivity contribution in [1.82, 2.24) is 5.16 Å². The van der Waals surface area contributed by atoms with Gasteiger partial charge in [-0.15, -0.1) is 0 Å². The van der Waals surface area contributed by atoms with E-state index in [-0.39, 0.29) is 33.4 Å². The third kappa shape index (κ3) is 2.89. The Bertz CT molecular complexity index is 823. The lowest BCUT2D eigenvalue weighted by Gasteiger charge is -2.13. The number of methoxy groups -OCH3 is 2. The molecule has 1 heterocycles. The van der Waals surface area contributed by atoms with E-state index in [9.17, 15) is 13.2 Å². The van der Waals surface area contributed by atoms with Gasteiger partial charge in [-0.3, -0.25) is 0 Å². The first kappa shape index (κ1) is 15.8. The van der Waals surface area contributed by atoms with Gasteiger partial charge < -0.3 is 19.1 Å². The zero-order chi connectivity index (χ0) is 16.5. The number of aromatic nitrogens is 1. The number of benzene rings is 1. The topological polar surface area (TPSA) is 116 Å². The van der Waals surface area contributed by atoms with E-state index in [2.05, 4.69) is 9.68 Å². The Kier molecular flexibility index (Phi) is 4.09. The van der Waals surface area contributed by atoms with Gasteiger partial charge in [-0.1, -0.05) is 5.16 Å². The van der Waals surface area contributed by atoms with Crippen LogP contribution in [0.1, 0.15) is 10.6 Å². The molecule has 2 rings (SSSR count). The van der Waals surface area contributed by atoms with E-state index in [1.165, 1.54) is 32.4 Å². The van der Waals surface area contributed by atoms with Crippen molar-refractivity contribution in [3.8, 4) is 22.8 Å². The van der Waals surface area contributed by atoms with E-state index in [1.807, 2.05) is 0 Å². The highest BCUT2D eigenvalue weighted by molar-refractivity contribution is 7.90. The number of aromatic carboxylic acids is 1. The first-order valence-corrected chi connectivity index (χ1v) is 7.83. The fourth-order valence-corrected chi connectivity index (χ4v) is 2.73. The van der Waals surface area contributed by atoms with Gasteiger partial charge in [0.2, 0.25) is 5.76 Å². The van der Waals surface area contributed by atoms with Crippen LogP contribution in [0.3, 0.4) is 0 Å². The SMILES string of the molecule is COc1cc(-c2cc(C(=O)O)on2)c(OC)c(S(C)(=O)=O)c1. The molecule has 0 bridgehead atoms. The minimum Gasteiger partial charge on any atom is -0.497 e. The lowest BCUT2D eigenvalue weighted by molar-refractivity contribution is 0.0652. The summed E-state index contributed by atoms with van der Waals surface area (Å²) in [5.41, 5.74) is 0.372. The van der Waals surface area contributed by atoms with Crippen LogP contribution in [-0.4, -0.2) is 45.1 Å². The van der Waals surface area contributed by atoms with E-state index >= 15 is 0 Å². The van der Waals surface area contributed by atoms with Crippen LogP contribution in [-0.2, 0) is 9.84 Å². The molecule has 1 aromatic carbocycles. The highest BCUT2D eigenvalue weighted by Gasteiger charge is 2.23. The van der Waals surface area contributed by atoms with E-state index < -0.39 is 15.8 Å². The second kappa shape index (κ2) is 5.68. The lowest BCUT2D eigenvalue weighted by Crippen LogP contribution is -2.03. The molecule has 9 heteroatoms. The van der Waals surface area contributed by atoms with Crippen LogP contribution in [0.5, 0.6) is 11.5 Å². The molecule has 2 aromatic rings. The average molecular weight is 327 g/mol. The Morgan fingerprint density at radius 2 is 1.91 bits per heavy atom. The highest BCUT2D eigenvalue weighted by Crippen LogP contribution is 2.39.